The van der Waals surface area contributed by atoms with E-state index in [9.17, 15) is 9.59 Å². The minimum absolute atomic E-state index is 0.0508. The Morgan fingerprint density at radius 3 is 2.18 bits per heavy atom. The highest BCUT2D eigenvalue weighted by atomic mass is 16.5. The van der Waals surface area contributed by atoms with Gasteiger partial charge in [0.1, 0.15) is 17.3 Å². The molecule has 0 aromatic carbocycles. The van der Waals surface area contributed by atoms with E-state index >= 15 is 0 Å². The molecule has 188 valence electrons. The van der Waals surface area contributed by atoms with Crippen molar-refractivity contribution in [1.82, 2.24) is 30.4 Å². The van der Waals surface area contributed by atoms with E-state index in [0.29, 0.717) is 31.5 Å². The van der Waals surface area contributed by atoms with E-state index in [4.69, 9.17) is 14.7 Å². The molecule has 4 rings (SSSR count). The Morgan fingerprint density at radius 1 is 0.971 bits per heavy atom. The number of nitrogens with zero attached hydrogens (tertiary/aromatic N) is 5. The van der Waals surface area contributed by atoms with Gasteiger partial charge in [-0.1, -0.05) is 0 Å². The van der Waals surface area contributed by atoms with E-state index in [1.807, 2.05) is 27.2 Å². The number of aromatic nitrogens is 2. The molecule has 1 aromatic heterocycles. The number of nitrogens with one attached hydrogen (secondary N) is 2. The topological polar surface area (TPSA) is 103 Å². The van der Waals surface area contributed by atoms with Crippen LogP contribution < -0.4 is 15.5 Å². The van der Waals surface area contributed by atoms with Gasteiger partial charge in [0.2, 0.25) is 0 Å². The van der Waals surface area contributed by atoms with Crippen LogP contribution in [0.4, 0.5) is 10.6 Å². The first-order valence-electron chi connectivity index (χ1n) is 12.6. The highest BCUT2D eigenvalue weighted by Gasteiger charge is 2.29. The van der Waals surface area contributed by atoms with Gasteiger partial charge in [-0.05, 0) is 52.6 Å². The molecule has 0 radical (unpaired) electrons. The second-order valence-electron chi connectivity index (χ2n) is 10.0. The summed E-state index contributed by atoms with van der Waals surface area (Å²) in [6.45, 7) is 4.26. The predicted octanol–water partition coefficient (Wildman–Crippen LogP) is 1.43. The molecule has 2 N–H and O–H groups in total. The highest BCUT2D eigenvalue weighted by molar-refractivity contribution is 5.92. The Hall–Kier alpha value is -2.46. The van der Waals surface area contributed by atoms with E-state index in [1.54, 1.807) is 4.90 Å². The first kappa shape index (κ1) is 24.7. The zero-order valence-corrected chi connectivity index (χ0v) is 20.8. The van der Waals surface area contributed by atoms with Crippen molar-refractivity contribution in [3.63, 3.8) is 0 Å². The fraction of sp³-hybridized carbons (Fsp3) is 0.750. The number of amides is 3. The molecule has 10 nitrogen and oxygen atoms in total. The molecule has 0 bridgehead atoms. The van der Waals surface area contributed by atoms with Crippen molar-refractivity contribution in [2.75, 3.05) is 65.4 Å². The van der Waals surface area contributed by atoms with Gasteiger partial charge in [-0.2, -0.15) is 0 Å². The van der Waals surface area contributed by atoms with Gasteiger partial charge < -0.3 is 30.1 Å². The van der Waals surface area contributed by atoms with Gasteiger partial charge in [-0.25, -0.2) is 14.8 Å². The van der Waals surface area contributed by atoms with Crippen molar-refractivity contribution >= 4 is 17.8 Å². The van der Waals surface area contributed by atoms with Gasteiger partial charge in [-0.3, -0.25) is 4.79 Å². The Bertz CT molecular complexity index is 847. The summed E-state index contributed by atoms with van der Waals surface area (Å²) in [5, 5.41) is 6.12. The minimum Gasteiger partial charge on any atom is -0.378 e. The molecule has 2 heterocycles. The minimum atomic E-state index is -0.0768. The number of rotatable bonds is 8. The molecule has 0 spiro atoms. The Morgan fingerprint density at radius 2 is 1.59 bits per heavy atom. The van der Waals surface area contributed by atoms with Crippen LogP contribution in [0.1, 0.15) is 60.8 Å². The Labute approximate surface area is 202 Å². The first-order valence-corrected chi connectivity index (χ1v) is 12.6. The number of hydrogen-bond acceptors (Lipinski definition) is 7. The van der Waals surface area contributed by atoms with Crippen molar-refractivity contribution in [2.45, 2.75) is 56.5 Å². The van der Waals surface area contributed by atoms with Gasteiger partial charge in [0.05, 0.1) is 13.2 Å². The van der Waals surface area contributed by atoms with Crippen molar-refractivity contribution < 1.29 is 14.3 Å². The summed E-state index contributed by atoms with van der Waals surface area (Å²) >= 11 is 0. The van der Waals surface area contributed by atoms with Crippen LogP contribution in [0.15, 0.2) is 6.07 Å². The fourth-order valence-electron chi connectivity index (χ4n) is 4.48. The lowest BCUT2D eigenvalue weighted by Gasteiger charge is -2.31. The summed E-state index contributed by atoms with van der Waals surface area (Å²) in [6, 6.07) is 2.32. The summed E-state index contributed by atoms with van der Waals surface area (Å²) in [6.07, 6.45) is 5.74. The van der Waals surface area contributed by atoms with Crippen LogP contribution in [-0.4, -0.2) is 104 Å². The van der Waals surface area contributed by atoms with Crippen LogP contribution in [0.2, 0.25) is 0 Å². The molecule has 0 atom stereocenters. The molecule has 1 aromatic rings. The Kier molecular flexibility index (Phi) is 8.20. The molecule has 3 aliphatic rings. The second-order valence-corrected chi connectivity index (χ2v) is 10.0. The van der Waals surface area contributed by atoms with Gasteiger partial charge in [0, 0.05) is 57.3 Å². The molecule has 3 fully saturated rings. The lowest BCUT2D eigenvalue weighted by molar-refractivity contribution is 0.0779. The van der Waals surface area contributed by atoms with Crippen molar-refractivity contribution in [3.05, 3.63) is 17.6 Å². The van der Waals surface area contributed by atoms with Crippen LogP contribution in [0.25, 0.3) is 0 Å². The van der Waals surface area contributed by atoms with E-state index < -0.39 is 0 Å². The van der Waals surface area contributed by atoms with Crippen LogP contribution >= 0.6 is 0 Å². The lowest BCUT2D eigenvalue weighted by atomic mass is 9.85. The van der Waals surface area contributed by atoms with Gasteiger partial charge in [-0.15, -0.1) is 0 Å². The first-order chi connectivity index (χ1) is 16.4. The molecule has 0 unspecified atom stereocenters. The maximum absolute atomic E-state index is 13.2. The summed E-state index contributed by atoms with van der Waals surface area (Å²) in [5.74, 6) is 1.66. The average Bonchev–Trinajstić information content (AvgIpc) is 3.66. The van der Waals surface area contributed by atoms with Crippen molar-refractivity contribution in [1.29, 1.82) is 0 Å². The van der Waals surface area contributed by atoms with Crippen LogP contribution in [0.3, 0.4) is 0 Å². The number of ether oxygens (including phenoxy) is 1. The lowest BCUT2D eigenvalue weighted by Crippen LogP contribution is -2.44. The molecule has 34 heavy (non-hydrogen) atoms. The number of carbonyl (C=O) groups excluding carboxylic acids is 2. The molecule has 2 saturated carbocycles. The third-order valence-corrected chi connectivity index (χ3v) is 6.85. The summed E-state index contributed by atoms with van der Waals surface area (Å²) in [7, 11) is 5.82. The van der Waals surface area contributed by atoms with Gasteiger partial charge in [0.15, 0.2) is 0 Å². The van der Waals surface area contributed by atoms with Crippen molar-refractivity contribution in [3.8, 4) is 0 Å². The molecule has 1 aliphatic heterocycles. The highest BCUT2D eigenvalue weighted by Crippen LogP contribution is 2.32. The molecular weight excluding hydrogens is 434 g/mol. The monoisotopic (exact) mass is 473 g/mol. The quantitative estimate of drug-likeness (QED) is 0.589. The van der Waals surface area contributed by atoms with Crippen LogP contribution in [0, 0.1) is 0 Å². The van der Waals surface area contributed by atoms with E-state index in [2.05, 4.69) is 20.4 Å². The number of carbonyl (C=O) groups is 2. The van der Waals surface area contributed by atoms with E-state index in [1.165, 1.54) is 0 Å². The second kappa shape index (κ2) is 11.3. The summed E-state index contributed by atoms with van der Waals surface area (Å²) < 4.78 is 5.50. The largest absolute Gasteiger partial charge is 0.378 e. The summed E-state index contributed by atoms with van der Waals surface area (Å²) in [5.41, 5.74) is 0.455. The zero-order valence-electron chi connectivity index (χ0n) is 20.8. The molecule has 10 heteroatoms. The number of anilines is 1. The number of morpholine rings is 1. The number of hydrogen-bond donors (Lipinski definition) is 2. The third-order valence-electron chi connectivity index (χ3n) is 6.85. The third kappa shape index (κ3) is 6.79. The van der Waals surface area contributed by atoms with Gasteiger partial charge >= 0.3 is 6.03 Å². The van der Waals surface area contributed by atoms with Crippen molar-refractivity contribution in [2.24, 2.45) is 0 Å². The van der Waals surface area contributed by atoms with E-state index in [-0.39, 0.29) is 23.9 Å². The summed E-state index contributed by atoms with van der Waals surface area (Å²) in [4.78, 5) is 41.0. The molecule has 2 aliphatic carbocycles. The molecular formula is C24H39N7O3. The maximum atomic E-state index is 13.2. The van der Waals surface area contributed by atoms with Crippen LogP contribution in [-0.2, 0) is 4.74 Å². The zero-order chi connectivity index (χ0) is 24.1. The van der Waals surface area contributed by atoms with E-state index in [0.717, 1.165) is 69.8 Å². The number of likely N-dealkylation sites (N-methyl/N-ethyl adjacent to an activating group) is 2. The smallest absolute Gasteiger partial charge is 0.315 e. The predicted molar refractivity (Wildman–Crippen MR) is 130 cm³/mol. The maximum Gasteiger partial charge on any atom is 0.315 e. The fourth-order valence-corrected chi connectivity index (χ4v) is 4.48. The standard InChI is InChI=1S/C24H39N7O3/c1-29(2)10-11-30(3)23(32)20-16-21(31-12-14-34-15-13-31)28-22(27-20)17-4-6-18(7-5-17)25-24(33)26-19-8-9-19/h16-19H,4-15H2,1-3H3,(H2,25,26,33). The number of urea groups is 1. The molecule has 1 saturated heterocycles. The van der Waals surface area contributed by atoms with Gasteiger partial charge in [0.25, 0.3) is 5.91 Å². The normalized spacial score (nSPS) is 23.0. The molecule has 3 amide bonds. The van der Waals surface area contributed by atoms with Crippen LogP contribution in [0.5, 0.6) is 0 Å². The SMILES string of the molecule is CN(C)CCN(C)C(=O)c1cc(N2CCOCC2)nc(C2CCC(NC(=O)NC3CC3)CC2)n1. The Balaban J connectivity index is 1.45. The average molecular weight is 474 g/mol.